The largest absolute Gasteiger partial charge is 0.492 e. The Hall–Kier alpha value is -3.55. The fourth-order valence-corrected chi connectivity index (χ4v) is 4.37. The van der Waals surface area contributed by atoms with E-state index in [0.717, 1.165) is 30.5 Å². The minimum absolute atomic E-state index is 0.0866. The summed E-state index contributed by atoms with van der Waals surface area (Å²) in [5.74, 6) is 0.237. The number of aromatic amines is 1. The molecule has 3 N–H and O–H groups in total. The first kappa shape index (κ1) is 19.4. The number of nitrogens with one attached hydrogen (secondary N) is 3. The first-order valence-electron chi connectivity index (χ1n) is 10.4. The van der Waals surface area contributed by atoms with Gasteiger partial charge in [-0.3, -0.25) is 9.78 Å². The number of hydrogen-bond donors (Lipinski definition) is 3. The Morgan fingerprint density at radius 3 is 3.06 bits per heavy atom. The molecule has 2 bridgehead atoms. The third-order valence-corrected chi connectivity index (χ3v) is 5.86. The zero-order valence-electron chi connectivity index (χ0n) is 17.1. The molecule has 2 aliphatic heterocycles. The third-order valence-electron chi connectivity index (χ3n) is 5.86. The van der Waals surface area contributed by atoms with Crippen LogP contribution in [-0.4, -0.2) is 36.1 Å². The van der Waals surface area contributed by atoms with Crippen molar-refractivity contribution in [3.63, 3.8) is 0 Å². The molecule has 0 radical (unpaired) electrons. The quantitative estimate of drug-likeness (QED) is 0.584. The molecule has 1 amide bonds. The Morgan fingerprint density at radius 1 is 1.29 bits per heavy atom. The number of amides is 1. The van der Waals surface area contributed by atoms with Gasteiger partial charge in [-0.05, 0) is 37.5 Å². The molecule has 0 aliphatic carbocycles. The number of pyridine rings is 1. The lowest BCUT2D eigenvalue weighted by molar-refractivity contribution is 0.0939. The fraction of sp³-hybridized carbons (Fsp3) is 0.304. The second-order valence-electron chi connectivity index (χ2n) is 7.73. The summed E-state index contributed by atoms with van der Waals surface area (Å²) in [5.41, 5.74) is 3.93. The SMILES string of the molecule is COc1c(F)cccc1Nc1c2[nH]c3c1C(=O)NC[C@@H]3CCCCOc1cnccc1-2. The van der Waals surface area contributed by atoms with E-state index in [-0.39, 0.29) is 17.6 Å². The number of methoxy groups -OCH3 is 1. The van der Waals surface area contributed by atoms with E-state index in [9.17, 15) is 9.18 Å². The number of rotatable bonds is 3. The topological polar surface area (TPSA) is 88.3 Å². The molecule has 31 heavy (non-hydrogen) atoms. The number of benzene rings is 1. The van der Waals surface area contributed by atoms with Crippen molar-refractivity contribution in [3.8, 4) is 22.8 Å². The molecule has 0 saturated carbocycles. The summed E-state index contributed by atoms with van der Waals surface area (Å²) in [6, 6.07) is 6.50. The third kappa shape index (κ3) is 3.37. The summed E-state index contributed by atoms with van der Waals surface area (Å²) in [5, 5.41) is 6.28. The molecule has 3 aromatic rings. The highest BCUT2D eigenvalue weighted by Gasteiger charge is 2.33. The highest BCUT2D eigenvalue weighted by Crippen LogP contribution is 2.44. The molecule has 0 fully saturated rings. The van der Waals surface area contributed by atoms with Crippen molar-refractivity contribution in [1.29, 1.82) is 0 Å². The van der Waals surface area contributed by atoms with Crippen LogP contribution >= 0.6 is 0 Å². The highest BCUT2D eigenvalue weighted by molar-refractivity contribution is 6.07. The van der Waals surface area contributed by atoms with Gasteiger partial charge in [-0.15, -0.1) is 0 Å². The van der Waals surface area contributed by atoms with Gasteiger partial charge in [0, 0.05) is 29.9 Å². The van der Waals surface area contributed by atoms with Crippen LogP contribution in [0.2, 0.25) is 0 Å². The lowest BCUT2D eigenvalue weighted by atomic mass is 9.91. The Bertz CT molecular complexity index is 1140. The van der Waals surface area contributed by atoms with Gasteiger partial charge < -0.3 is 25.1 Å². The second-order valence-corrected chi connectivity index (χ2v) is 7.73. The molecule has 1 atom stereocenters. The van der Waals surface area contributed by atoms with Crippen LogP contribution in [0.4, 0.5) is 15.8 Å². The van der Waals surface area contributed by atoms with E-state index in [2.05, 4.69) is 20.6 Å². The lowest BCUT2D eigenvalue weighted by Crippen LogP contribution is -2.35. The van der Waals surface area contributed by atoms with E-state index < -0.39 is 5.82 Å². The zero-order valence-corrected chi connectivity index (χ0v) is 17.1. The van der Waals surface area contributed by atoms with Crippen molar-refractivity contribution < 1.29 is 18.7 Å². The van der Waals surface area contributed by atoms with Gasteiger partial charge in [0.2, 0.25) is 0 Å². The van der Waals surface area contributed by atoms with Crippen molar-refractivity contribution in [3.05, 3.63) is 53.7 Å². The number of ether oxygens (including phenoxy) is 2. The molecule has 2 aromatic heterocycles. The van der Waals surface area contributed by atoms with Crippen molar-refractivity contribution in [2.45, 2.75) is 25.2 Å². The molecule has 8 heteroatoms. The molecule has 2 aliphatic rings. The molecular weight excluding hydrogens is 399 g/mol. The number of nitrogens with zero attached hydrogens (tertiary/aromatic N) is 1. The molecule has 7 nitrogen and oxygen atoms in total. The van der Waals surface area contributed by atoms with Gasteiger partial charge >= 0.3 is 0 Å². The van der Waals surface area contributed by atoms with Crippen LogP contribution in [0.3, 0.4) is 0 Å². The lowest BCUT2D eigenvalue weighted by Gasteiger charge is -2.24. The molecule has 5 rings (SSSR count). The van der Waals surface area contributed by atoms with Crippen LogP contribution in [0, 0.1) is 5.82 Å². The van der Waals surface area contributed by atoms with Crippen molar-refractivity contribution in [2.75, 3.05) is 25.6 Å². The van der Waals surface area contributed by atoms with E-state index in [1.54, 1.807) is 24.5 Å². The standard InChI is InChI=1S/C23H23FN4O3/c1-30-22-15(24)6-4-7-16(22)27-21-18-19-13(11-26-23(18)29)5-2-3-10-31-17-12-25-9-8-14(17)20(21)28-19/h4,6-9,12-13,27-28H,2-3,5,10-11H2,1H3,(H,26,29)/t13-/m0/s1. The number of anilines is 2. The van der Waals surface area contributed by atoms with Gasteiger partial charge in [-0.25, -0.2) is 4.39 Å². The van der Waals surface area contributed by atoms with Gasteiger partial charge in [-0.2, -0.15) is 0 Å². The summed E-state index contributed by atoms with van der Waals surface area (Å²) in [4.78, 5) is 20.7. The van der Waals surface area contributed by atoms with E-state index in [0.29, 0.717) is 41.5 Å². The van der Waals surface area contributed by atoms with Gasteiger partial charge in [0.1, 0.15) is 5.75 Å². The van der Waals surface area contributed by atoms with Crippen LogP contribution in [0.25, 0.3) is 11.3 Å². The van der Waals surface area contributed by atoms with Gasteiger partial charge in [0.15, 0.2) is 11.6 Å². The van der Waals surface area contributed by atoms with Crippen LogP contribution in [-0.2, 0) is 0 Å². The van der Waals surface area contributed by atoms with E-state index in [4.69, 9.17) is 9.47 Å². The summed E-state index contributed by atoms with van der Waals surface area (Å²) >= 11 is 0. The summed E-state index contributed by atoms with van der Waals surface area (Å²) in [6.45, 7) is 1.18. The smallest absolute Gasteiger partial charge is 0.255 e. The number of fused-ring (bicyclic) bond motifs is 3. The molecule has 4 heterocycles. The molecule has 160 valence electrons. The maximum atomic E-state index is 14.3. The predicted octanol–water partition coefficient (Wildman–Crippen LogP) is 4.36. The summed E-state index contributed by atoms with van der Waals surface area (Å²) < 4.78 is 25.6. The van der Waals surface area contributed by atoms with Crippen LogP contribution in [0.5, 0.6) is 11.5 Å². The molecular formula is C23H23FN4O3. The summed E-state index contributed by atoms with van der Waals surface area (Å²) in [7, 11) is 1.42. The Balaban J connectivity index is 1.74. The van der Waals surface area contributed by atoms with Crippen LogP contribution in [0.1, 0.15) is 41.2 Å². The number of halogens is 1. The van der Waals surface area contributed by atoms with Gasteiger partial charge in [0.25, 0.3) is 5.91 Å². The van der Waals surface area contributed by atoms with Gasteiger partial charge in [0.05, 0.1) is 42.5 Å². The first-order valence-corrected chi connectivity index (χ1v) is 10.4. The van der Waals surface area contributed by atoms with Crippen molar-refractivity contribution >= 4 is 17.3 Å². The highest BCUT2D eigenvalue weighted by atomic mass is 19.1. The monoisotopic (exact) mass is 422 g/mol. The van der Waals surface area contributed by atoms with E-state index in [1.807, 2.05) is 6.07 Å². The Morgan fingerprint density at radius 2 is 2.19 bits per heavy atom. The predicted molar refractivity (Wildman–Crippen MR) is 115 cm³/mol. The minimum atomic E-state index is -0.483. The minimum Gasteiger partial charge on any atom is -0.492 e. The Kier molecular flexibility index (Phi) is 4.97. The molecule has 0 unspecified atom stereocenters. The number of hydrogen-bond acceptors (Lipinski definition) is 5. The maximum absolute atomic E-state index is 14.3. The average molecular weight is 422 g/mol. The number of carbonyl (C=O) groups is 1. The maximum Gasteiger partial charge on any atom is 0.255 e. The number of aromatic nitrogens is 2. The van der Waals surface area contributed by atoms with E-state index in [1.165, 1.54) is 13.2 Å². The normalized spacial score (nSPS) is 17.6. The molecule has 0 saturated heterocycles. The average Bonchev–Trinajstić information content (AvgIpc) is 3.13. The van der Waals surface area contributed by atoms with Gasteiger partial charge in [-0.1, -0.05) is 6.07 Å². The Labute approximate surface area is 179 Å². The number of para-hydroxylation sites is 1. The summed E-state index contributed by atoms with van der Waals surface area (Å²) in [6.07, 6.45) is 6.19. The van der Waals surface area contributed by atoms with E-state index >= 15 is 0 Å². The number of carbonyl (C=O) groups excluding carboxylic acids is 1. The second kappa shape index (κ2) is 7.94. The van der Waals surface area contributed by atoms with Crippen LogP contribution in [0.15, 0.2) is 36.7 Å². The molecule has 1 aromatic carbocycles. The van der Waals surface area contributed by atoms with Crippen molar-refractivity contribution in [1.82, 2.24) is 15.3 Å². The fourth-order valence-electron chi connectivity index (χ4n) is 4.37. The molecule has 0 spiro atoms. The van der Waals surface area contributed by atoms with Crippen LogP contribution < -0.4 is 20.1 Å². The zero-order chi connectivity index (χ0) is 21.4. The first-order chi connectivity index (χ1) is 15.2. The van der Waals surface area contributed by atoms with Crippen molar-refractivity contribution in [2.24, 2.45) is 0 Å². The number of H-pyrrole nitrogens is 1.